The van der Waals surface area contributed by atoms with Crippen molar-refractivity contribution in [2.24, 2.45) is 122 Å². The van der Waals surface area contributed by atoms with E-state index in [4.69, 9.17) is 23.4 Å². The Morgan fingerprint density at radius 1 is 0.922 bits per heavy atom. The van der Waals surface area contributed by atoms with Crippen molar-refractivity contribution in [3.63, 3.8) is 0 Å². The van der Waals surface area contributed by atoms with Gasteiger partial charge in [-0.2, -0.15) is 0 Å². The smallest absolute Gasteiger partial charge is 0.339 e. The number of carbonyl (C=O) groups is 3. The molecule has 29 unspecified atom stereocenters. The summed E-state index contributed by atoms with van der Waals surface area (Å²) in [5, 5.41) is 42.0. The highest BCUT2D eigenvalue weighted by Crippen LogP contribution is 2.92. The number of hydrogen-bond acceptors (Lipinski definition) is 13. The Morgan fingerprint density at radius 2 is 1.81 bits per heavy atom. The van der Waals surface area contributed by atoms with Crippen LogP contribution in [0.2, 0.25) is 0 Å². The van der Waals surface area contributed by atoms with Crippen molar-refractivity contribution >= 4 is 17.7 Å². The van der Waals surface area contributed by atoms with E-state index in [1.54, 1.807) is 6.26 Å². The maximum absolute atomic E-state index is 18.0. The lowest BCUT2D eigenvalue weighted by Gasteiger charge is -2.74. The Hall–Kier alpha value is -4.81. The van der Waals surface area contributed by atoms with Crippen LogP contribution < -0.4 is 5.32 Å². The molecule has 1 aromatic carbocycles. The Bertz CT molecular complexity index is 3640. The number of aliphatic hydroxyl groups is 3. The first-order valence-corrected chi connectivity index (χ1v) is 35.8. The van der Waals surface area contributed by atoms with Crippen molar-refractivity contribution < 1.29 is 53.1 Å². The van der Waals surface area contributed by atoms with Gasteiger partial charge in [-0.15, -0.1) is 0 Å². The SMILES string of the molecule is CC1C2CCCC2C=CC12C=CCC13OC45C(=CC21)CC1CCCC12CC1CC6(C)C7(c8ccoc8CC(C(O)CO)C8CCC9C(C=CN%10CNCC9%10)C8)CC#CC8CCC(Cc9ccccc9)CC8C8(C(O)C(=O)C3C4(COC(=O)C25)C18)C61OC1C(=O)O7. The molecule has 20 rings (SSSR count). The molecule has 1 aromatic heterocycles. The number of nitrogens with zero attached hydrogens (tertiary/aromatic N) is 1. The van der Waals surface area contributed by atoms with Gasteiger partial charge in [-0.1, -0.05) is 105 Å². The zero-order valence-electron chi connectivity index (χ0n) is 52.4. The summed E-state index contributed by atoms with van der Waals surface area (Å²) in [5.41, 5.74) is -6.81. The van der Waals surface area contributed by atoms with Crippen LogP contribution in [0.1, 0.15) is 140 Å². The number of ketones is 1. The maximum atomic E-state index is 18.0. The predicted molar refractivity (Wildman–Crippen MR) is 329 cm³/mol. The van der Waals surface area contributed by atoms with Gasteiger partial charge in [0, 0.05) is 52.7 Å². The largest absolute Gasteiger partial charge is 0.469 e. The number of epoxide rings is 1. The Kier molecular flexibility index (Phi) is 11.3. The third kappa shape index (κ3) is 6.15. The molecule has 9 bridgehead atoms. The fourth-order valence-corrected chi connectivity index (χ4v) is 28.8. The van der Waals surface area contributed by atoms with E-state index in [2.05, 4.69) is 109 Å². The van der Waals surface area contributed by atoms with Gasteiger partial charge < -0.3 is 43.6 Å². The number of ether oxygens (including phenoxy) is 4. The minimum atomic E-state index is -1.59. The van der Waals surface area contributed by atoms with Crippen molar-refractivity contribution in [2.75, 3.05) is 26.4 Å². The summed E-state index contributed by atoms with van der Waals surface area (Å²) in [7, 11) is 0. The normalized spacial score (nSPS) is 53.9. The van der Waals surface area contributed by atoms with Gasteiger partial charge >= 0.3 is 11.9 Å². The molecule has 7 aliphatic heterocycles. The van der Waals surface area contributed by atoms with Gasteiger partial charge in [0.05, 0.1) is 54.9 Å². The molecule has 0 amide bonds. The van der Waals surface area contributed by atoms with E-state index in [1.165, 1.54) is 30.4 Å². The first-order chi connectivity index (χ1) is 43.7. The number of benzene rings is 1. The van der Waals surface area contributed by atoms with Crippen LogP contribution in [0.25, 0.3) is 0 Å². The third-order valence-corrected chi connectivity index (χ3v) is 31.5. The zero-order valence-corrected chi connectivity index (χ0v) is 52.4. The van der Waals surface area contributed by atoms with Crippen molar-refractivity contribution in [3.8, 4) is 11.8 Å². The minimum Gasteiger partial charge on any atom is -0.469 e. The lowest BCUT2D eigenvalue weighted by atomic mass is 9.28. The standard InChI is InChI=1S/C77H90N2O11/c1-42-52-15-6-12-45(52)20-27-70(42)24-9-25-73-60(70)34-51-33-50-14-8-23-71(50)37-49-36-69(2)74(55-22-29-86-59(55)35-54(58(81)39-80)47-18-19-53-48(32-47)21-28-79-41-78-38-57(53)79)26-7-13-46-17-16-44(30-43-10-4-3-5-11-43)31-56(46)75(77(69)66(88-77)68(85)89-74)62(49)72(63(73)61(82)65(75)83)40-87-67(84)64(71)76(51,72)90-73/h3-5,9-11,20-22,24,27-29,34,42,44-50,52-54,56-58,60,62-66,78,80-81,83H,6,8,12,14-19,23,25-26,30-33,35-41H2,1-2H3. The summed E-state index contributed by atoms with van der Waals surface area (Å²) in [4.78, 5) is 52.7. The Morgan fingerprint density at radius 3 is 2.69 bits per heavy atom. The number of hydrogen-bond donors (Lipinski definition) is 4. The number of allylic oxidation sites excluding steroid dienone is 4. The summed E-state index contributed by atoms with van der Waals surface area (Å²) in [6, 6.07) is 13.2. The predicted octanol–water partition coefficient (Wildman–Crippen LogP) is 9.73. The lowest BCUT2D eigenvalue weighted by molar-refractivity contribution is -0.315. The van der Waals surface area contributed by atoms with E-state index in [0.717, 1.165) is 77.4 Å². The molecule has 13 heteroatoms. The first kappa shape index (κ1) is 55.6. The quantitative estimate of drug-likeness (QED) is 0.0850. The van der Waals surface area contributed by atoms with Gasteiger partial charge in [-0.25, -0.2) is 4.79 Å². The summed E-state index contributed by atoms with van der Waals surface area (Å²) < 4.78 is 37.9. The average molecular weight is 1220 g/mol. The zero-order chi connectivity index (χ0) is 60.5. The van der Waals surface area contributed by atoms with Gasteiger partial charge in [-0.3, -0.25) is 14.9 Å². The summed E-state index contributed by atoms with van der Waals surface area (Å²) in [6.07, 6.45) is 30.4. The van der Waals surface area contributed by atoms with Crippen LogP contribution in [0.3, 0.4) is 0 Å². The number of esters is 2. The fraction of sp³-hybridized carbons (Fsp3) is 0.701. The van der Waals surface area contributed by atoms with E-state index in [-0.39, 0.29) is 72.1 Å². The number of carbonyl (C=O) groups excluding carboxylic acids is 3. The molecule has 5 saturated heterocycles. The number of aliphatic hydroxyl groups excluding tert-OH is 3. The molecule has 4 N–H and O–H groups in total. The van der Waals surface area contributed by atoms with Gasteiger partial charge in [0.25, 0.3) is 0 Å². The molecule has 474 valence electrons. The van der Waals surface area contributed by atoms with E-state index >= 15 is 19.5 Å². The molecule has 8 heterocycles. The molecule has 2 aromatic rings. The minimum absolute atomic E-state index is 0.00606. The monoisotopic (exact) mass is 1220 g/mol. The second kappa shape index (κ2) is 18.4. The molecule has 7 spiro atoms. The van der Waals surface area contributed by atoms with Crippen molar-refractivity contribution in [2.45, 2.75) is 183 Å². The number of Topliss-reactive ketones (excluding diaryl/α,β-unsaturated/α-hetero) is 1. The summed E-state index contributed by atoms with van der Waals surface area (Å²) >= 11 is 0. The summed E-state index contributed by atoms with van der Waals surface area (Å²) in [5.74, 6) is 6.58. The number of furan rings is 1. The molecule has 13 nitrogen and oxygen atoms in total. The van der Waals surface area contributed by atoms with E-state index in [1.807, 2.05) is 6.07 Å². The van der Waals surface area contributed by atoms with Crippen LogP contribution >= 0.6 is 0 Å². The number of rotatable bonds is 8. The van der Waals surface area contributed by atoms with E-state index < -0.39 is 104 Å². The Balaban J connectivity index is 0.811. The highest BCUT2D eigenvalue weighted by molar-refractivity contribution is 5.94. The second-order valence-corrected chi connectivity index (χ2v) is 33.6. The van der Waals surface area contributed by atoms with Crippen LogP contribution in [-0.2, 0) is 51.8 Å². The Labute approximate surface area is 529 Å². The fourth-order valence-electron chi connectivity index (χ4n) is 28.8. The highest BCUT2D eigenvalue weighted by atomic mass is 16.7. The number of fused-ring (bicyclic) bond motifs is 6. The average Bonchev–Trinajstić information content (AvgIpc) is 1.40. The van der Waals surface area contributed by atoms with Gasteiger partial charge in [0.1, 0.15) is 29.7 Å². The molecule has 0 radical (unpaired) electrons. The van der Waals surface area contributed by atoms with Gasteiger partial charge in [-0.05, 0) is 196 Å². The molecule has 13 fully saturated rings. The van der Waals surface area contributed by atoms with Crippen LogP contribution in [-0.4, -0.2) is 106 Å². The number of cyclic esters (lactones) is 1. The van der Waals surface area contributed by atoms with Crippen LogP contribution in [0, 0.1) is 134 Å². The van der Waals surface area contributed by atoms with Crippen LogP contribution in [0.5, 0.6) is 0 Å². The summed E-state index contributed by atoms with van der Waals surface area (Å²) in [6.45, 7) is 6.19. The highest BCUT2D eigenvalue weighted by Gasteiger charge is 3.00. The molecular formula is C77H90N2O11. The maximum Gasteiger partial charge on any atom is 0.339 e. The van der Waals surface area contributed by atoms with Crippen LogP contribution in [0.4, 0.5) is 0 Å². The molecule has 29 atom stereocenters. The molecular weight excluding hydrogens is 1130 g/mol. The second-order valence-electron chi connectivity index (χ2n) is 33.6. The number of nitrogens with one attached hydrogen (secondary N) is 1. The van der Waals surface area contributed by atoms with Gasteiger partial charge in [0.15, 0.2) is 17.5 Å². The van der Waals surface area contributed by atoms with E-state index in [9.17, 15) is 10.2 Å². The first-order valence-electron chi connectivity index (χ1n) is 35.8. The van der Waals surface area contributed by atoms with Crippen molar-refractivity contribution in [3.05, 3.63) is 108 Å². The van der Waals surface area contributed by atoms with Gasteiger partial charge in [0.2, 0.25) is 0 Å². The van der Waals surface area contributed by atoms with Crippen molar-refractivity contribution in [1.82, 2.24) is 10.2 Å². The van der Waals surface area contributed by atoms with Crippen LogP contribution in [0.15, 0.2) is 95.3 Å². The molecule has 90 heavy (non-hydrogen) atoms. The molecule has 11 aliphatic carbocycles. The molecule has 18 aliphatic rings. The van der Waals surface area contributed by atoms with Crippen molar-refractivity contribution in [1.29, 1.82) is 0 Å². The van der Waals surface area contributed by atoms with E-state index in [0.29, 0.717) is 73.1 Å². The molecule has 8 saturated carbocycles. The lowest BCUT2D eigenvalue weighted by Crippen LogP contribution is -2.84. The topological polar surface area (TPSA) is 181 Å². The third-order valence-electron chi connectivity index (χ3n) is 31.5.